The van der Waals surface area contributed by atoms with E-state index in [1.807, 2.05) is 6.20 Å². The molecular formula is C17H20N4. The normalized spacial score (nSPS) is 19.6. The summed E-state index contributed by atoms with van der Waals surface area (Å²) in [6, 6.07) is 10.8. The lowest BCUT2D eigenvalue weighted by Crippen LogP contribution is -2.19. The van der Waals surface area contributed by atoms with Crippen molar-refractivity contribution in [3.8, 4) is 0 Å². The maximum Gasteiger partial charge on any atom is 0.0490 e. The predicted octanol–water partition coefficient (Wildman–Crippen LogP) is 2.89. The smallest absolute Gasteiger partial charge is 0.0490 e. The number of rotatable bonds is 3. The van der Waals surface area contributed by atoms with Crippen LogP contribution in [0.3, 0.4) is 0 Å². The van der Waals surface area contributed by atoms with E-state index in [4.69, 9.17) is 0 Å². The van der Waals surface area contributed by atoms with Gasteiger partial charge in [0.1, 0.15) is 0 Å². The molecule has 0 aliphatic carbocycles. The molecular weight excluding hydrogens is 260 g/mol. The summed E-state index contributed by atoms with van der Waals surface area (Å²) in [6.07, 6.45) is 5.34. The second kappa shape index (κ2) is 5.04. The van der Waals surface area contributed by atoms with Crippen LogP contribution in [0.25, 0.3) is 10.9 Å². The molecule has 2 aromatic heterocycles. The number of para-hydroxylation sites is 1. The lowest BCUT2D eigenvalue weighted by Gasteiger charge is -2.15. The summed E-state index contributed by atoms with van der Waals surface area (Å²) < 4.78 is 2.23. The molecule has 1 aromatic carbocycles. The summed E-state index contributed by atoms with van der Waals surface area (Å²) in [5.41, 5.74) is 4.02. The van der Waals surface area contributed by atoms with Crippen molar-refractivity contribution in [2.24, 2.45) is 7.05 Å². The highest BCUT2D eigenvalue weighted by Crippen LogP contribution is 2.28. The number of H-pyrrole nitrogens is 1. The Hall–Kier alpha value is -2.07. The molecule has 0 unspecified atom stereocenters. The van der Waals surface area contributed by atoms with Crippen LogP contribution in [-0.2, 0) is 13.6 Å². The molecule has 21 heavy (non-hydrogen) atoms. The summed E-state index contributed by atoms with van der Waals surface area (Å²) in [5, 5.41) is 8.57. The number of aryl methyl sites for hydroxylation is 1. The number of hydrogen-bond acceptors (Lipinski definition) is 2. The molecule has 1 N–H and O–H groups in total. The van der Waals surface area contributed by atoms with E-state index in [2.05, 4.69) is 63.2 Å². The highest BCUT2D eigenvalue weighted by atomic mass is 15.2. The van der Waals surface area contributed by atoms with Gasteiger partial charge in [0, 0.05) is 55.0 Å². The second-order valence-electron chi connectivity index (χ2n) is 6.02. The van der Waals surface area contributed by atoms with Gasteiger partial charge in [0.25, 0.3) is 0 Å². The van der Waals surface area contributed by atoms with Crippen LogP contribution in [0.5, 0.6) is 0 Å². The molecule has 1 aliphatic rings. The zero-order valence-corrected chi connectivity index (χ0v) is 12.3. The molecule has 1 aliphatic heterocycles. The van der Waals surface area contributed by atoms with Crippen LogP contribution < -0.4 is 0 Å². The van der Waals surface area contributed by atoms with Gasteiger partial charge in [-0.15, -0.1) is 0 Å². The van der Waals surface area contributed by atoms with Gasteiger partial charge in [-0.25, -0.2) is 0 Å². The van der Waals surface area contributed by atoms with Gasteiger partial charge in [-0.1, -0.05) is 18.2 Å². The number of hydrogen-bond donors (Lipinski definition) is 1. The Morgan fingerprint density at radius 3 is 3.05 bits per heavy atom. The van der Waals surface area contributed by atoms with E-state index >= 15 is 0 Å². The van der Waals surface area contributed by atoms with Crippen molar-refractivity contribution in [1.82, 2.24) is 19.7 Å². The molecule has 1 atom stereocenters. The lowest BCUT2D eigenvalue weighted by atomic mass is 10.1. The fourth-order valence-electron chi connectivity index (χ4n) is 3.52. The number of benzene rings is 1. The number of fused-ring (bicyclic) bond motifs is 1. The molecule has 4 nitrogen and oxygen atoms in total. The maximum absolute atomic E-state index is 4.07. The minimum Gasteiger partial charge on any atom is -0.350 e. The Kier molecular flexibility index (Phi) is 3.04. The lowest BCUT2D eigenvalue weighted by molar-refractivity contribution is 0.327. The number of nitrogens with zero attached hydrogens (tertiary/aromatic N) is 3. The van der Waals surface area contributed by atoms with Gasteiger partial charge in [-0.05, 0) is 30.7 Å². The van der Waals surface area contributed by atoms with Crippen molar-refractivity contribution in [2.75, 3.05) is 13.1 Å². The minimum absolute atomic E-state index is 0.600. The third-order valence-electron chi connectivity index (χ3n) is 4.61. The van der Waals surface area contributed by atoms with Crippen molar-refractivity contribution in [1.29, 1.82) is 0 Å². The van der Waals surface area contributed by atoms with Crippen molar-refractivity contribution < 1.29 is 0 Å². The van der Waals surface area contributed by atoms with Gasteiger partial charge in [0.05, 0.1) is 0 Å². The molecule has 3 aromatic rings. The minimum atomic E-state index is 0.600. The highest BCUT2D eigenvalue weighted by Gasteiger charge is 2.25. The van der Waals surface area contributed by atoms with Crippen LogP contribution in [0, 0.1) is 0 Å². The molecule has 0 amide bonds. The van der Waals surface area contributed by atoms with Crippen molar-refractivity contribution in [2.45, 2.75) is 18.9 Å². The first-order chi connectivity index (χ1) is 10.3. The van der Waals surface area contributed by atoms with Gasteiger partial charge < -0.3 is 4.57 Å². The van der Waals surface area contributed by atoms with Gasteiger partial charge in [0.2, 0.25) is 0 Å². The van der Waals surface area contributed by atoms with E-state index in [0.717, 1.165) is 19.6 Å². The van der Waals surface area contributed by atoms with E-state index in [1.165, 1.54) is 28.6 Å². The molecule has 0 spiro atoms. The summed E-state index contributed by atoms with van der Waals surface area (Å²) >= 11 is 0. The van der Waals surface area contributed by atoms with Gasteiger partial charge in [0.15, 0.2) is 0 Å². The molecule has 4 rings (SSSR count). The van der Waals surface area contributed by atoms with Crippen molar-refractivity contribution in [3.63, 3.8) is 0 Å². The largest absolute Gasteiger partial charge is 0.350 e. The van der Waals surface area contributed by atoms with Crippen LogP contribution in [0.4, 0.5) is 0 Å². The summed E-state index contributed by atoms with van der Waals surface area (Å²) in [7, 11) is 2.13. The summed E-state index contributed by atoms with van der Waals surface area (Å²) in [6.45, 7) is 3.31. The Balaban J connectivity index is 1.54. The zero-order chi connectivity index (χ0) is 14.2. The van der Waals surface area contributed by atoms with Crippen LogP contribution in [0.1, 0.15) is 23.6 Å². The van der Waals surface area contributed by atoms with E-state index < -0.39 is 0 Å². The fraction of sp³-hybridized carbons (Fsp3) is 0.353. The van der Waals surface area contributed by atoms with Crippen molar-refractivity contribution >= 4 is 10.9 Å². The highest BCUT2D eigenvalue weighted by molar-refractivity contribution is 5.83. The molecule has 0 radical (unpaired) electrons. The molecule has 4 heteroatoms. The van der Waals surface area contributed by atoms with Crippen LogP contribution in [-0.4, -0.2) is 32.8 Å². The van der Waals surface area contributed by atoms with Gasteiger partial charge >= 0.3 is 0 Å². The molecule has 1 saturated heterocycles. The third kappa shape index (κ3) is 2.25. The summed E-state index contributed by atoms with van der Waals surface area (Å²) in [5.74, 6) is 0.600. The van der Waals surface area contributed by atoms with Gasteiger partial charge in [-0.3, -0.25) is 10.00 Å². The Bertz CT molecular complexity index is 741. The SMILES string of the molecule is Cn1cc(CN2CC[C@H](c3ccn[nH]3)C2)c2ccccc21. The third-order valence-corrected chi connectivity index (χ3v) is 4.61. The van der Waals surface area contributed by atoms with E-state index in [-0.39, 0.29) is 0 Å². The Labute approximate surface area is 124 Å². The van der Waals surface area contributed by atoms with E-state index in [9.17, 15) is 0 Å². The first-order valence-corrected chi connectivity index (χ1v) is 7.56. The standard InChI is InChI=1S/C17H20N4/c1-20-10-14(15-4-2-3-5-17(15)20)12-21-9-7-13(11-21)16-6-8-18-19-16/h2-6,8,10,13H,7,9,11-12H2,1H3,(H,18,19)/t13-/m0/s1. The van der Waals surface area contributed by atoms with E-state index in [0.29, 0.717) is 5.92 Å². The summed E-state index contributed by atoms with van der Waals surface area (Å²) in [4.78, 5) is 2.55. The van der Waals surface area contributed by atoms with Crippen molar-refractivity contribution in [3.05, 3.63) is 54.0 Å². The molecule has 3 heterocycles. The first kappa shape index (κ1) is 12.7. The first-order valence-electron chi connectivity index (χ1n) is 7.56. The fourth-order valence-corrected chi connectivity index (χ4v) is 3.52. The van der Waals surface area contributed by atoms with Crippen LogP contribution >= 0.6 is 0 Å². The quantitative estimate of drug-likeness (QED) is 0.801. The van der Waals surface area contributed by atoms with Gasteiger partial charge in [-0.2, -0.15) is 5.10 Å². The molecule has 0 saturated carbocycles. The number of aromatic amines is 1. The number of aromatic nitrogens is 3. The number of nitrogens with one attached hydrogen (secondary N) is 1. The average Bonchev–Trinajstić information content (AvgIpc) is 3.21. The Morgan fingerprint density at radius 2 is 2.19 bits per heavy atom. The molecule has 108 valence electrons. The predicted molar refractivity (Wildman–Crippen MR) is 84.1 cm³/mol. The number of likely N-dealkylation sites (tertiary alicyclic amines) is 1. The monoisotopic (exact) mass is 280 g/mol. The molecule has 1 fully saturated rings. The molecule has 0 bridgehead atoms. The van der Waals surface area contributed by atoms with E-state index in [1.54, 1.807) is 0 Å². The topological polar surface area (TPSA) is 36.9 Å². The second-order valence-corrected chi connectivity index (χ2v) is 6.02. The Morgan fingerprint density at radius 1 is 1.29 bits per heavy atom. The maximum atomic E-state index is 4.07. The average molecular weight is 280 g/mol. The zero-order valence-electron chi connectivity index (χ0n) is 12.3. The van der Waals surface area contributed by atoms with Crippen LogP contribution in [0.2, 0.25) is 0 Å². The van der Waals surface area contributed by atoms with Crippen LogP contribution in [0.15, 0.2) is 42.7 Å².